The van der Waals surface area contributed by atoms with Gasteiger partial charge in [-0.15, -0.1) is 0 Å². The van der Waals surface area contributed by atoms with Crippen LogP contribution in [0.5, 0.6) is 0 Å². The van der Waals surface area contributed by atoms with Crippen LogP contribution < -0.4 is 0 Å². The summed E-state index contributed by atoms with van der Waals surface area (Å²) in [6, 6.07) is 53.5. The van der Waals surface area contributed by atoms with E-state index in [1.165, 1.54) is 46.4 Å². The van der Waals surface area contributed by atoms with Crippen molar-refractivity contribution in [1.29, 1.82) is 0 Å². The standard InChI is InChI=1S/C41H25N3Se/c1-3-10-26(11-4-1)27-18-22-31(23-19-27)40-42-39(30-13-5-2-6-14-30)43-41(44-40)34-16-9-17-35-37(34)33-25-24-29-21-20-28-12-7-8-15-32(28)36(29)38(33)45-35/h1-25H. The normalized spacial score (nSPS) is 11.6. The molecule has 0 aliphatic carbocycles. The van der Waals surface area contributed by atoms with Gasteiger partial charge < -0.3 is 0 Å². The Kier molecular flexibility index (Phi) is 6.15. The van der Waals surface area contributed by atoms with E-state index in [1.807, 2.05) is 24.3 Å². The van der Waals surface area contributed by atoms with E-state index in [0.29, 0.717) is 17.5 Å². The van der Waals surface area contributed by atoms with Gasteiger partial charge in [-0.05, 0) is 0 Å². The molecule has 0 aliphatic heterocycles. The smallest absolute Gasteiger partial charge is 0.0617 e. The van der Waals surface area contributed by atoms with E-state index in [4.69, 9.17) is 15.0 Å². The molecule has 45 heavy (non-hydrogen) atoms. The van der Waals surface area contributed by atoms with Crippen LogP contribution in [0.25, 0.3) is 86.1 Å². The summed E-state index contributed by atoms with van der Waals surface area (Å²) in [6.45, 7) is 0. The first-order valence-corrected chi connectivity index (χ1v) is 16.7. The Labute approximate surface area is 266 Å². The Bertz CT molecular complexity index is 2520. The van der Waals surface area contributed by atoms with E-state index >= 15 is 0 Å². The fourth-order valence-corrected chi connectivity index (χ4v) is 9.07. The van der Waals surface area contributed by atoms with E-state index in [2.05, 4.69) is 127 Å². The molecule has 0 fully saturated rings. The minimum atomic E-state index is 0.162. The quantitative estimate of drug-likeness (QED) is 0.142. The van der Waals surface area contributed by atoms with Crippen LogP contribution in [0.4, 0.5) is 0 Å². The Morgan fingerprint density at radius 1 is 0.356 bits per heavy atom. The minimum Gasteiger partial charge on any atom is -0.0617 e. The van der Waals surface area contributed by atoms with Crippen LogP contribution in [-0.2, 0) is 0 Å². The third kappa shape index (κ3) is 4.46. The molecule has 0 saturated heterocycles. The van der Waals surface area contributed by atoms with Gasteiger partial charge in [0.2, 0.25) is 0 Å². The monoisotopic (exact) mass is 639 g/mol. The van der Waals surface area contributed by atoms with Gasteiger partial charge in [0.1, 0.15) is 0 Å². The van der Waals surface area contributed by atoms with Gasteiger partial charge in [0.15, 0.2) is 0 Å². The molecule has 0 atom stereocenters. The number of benzene rings is 7. The molecule has 9 rings (SSSR count). The maximum absolute atomic E-state index is 5.15. The Balaban J connectivity index is 1.27. The molecular weight excluding hydrogens is 613 g/mol. The third-order valence-corrected chi connectivity index (χ3v) is 11.0. The molecule has 0 N–H and O–H groups in total. The van der Waals surface area contributed by atoms with Gasteiger partial charge in [-0.2, -0.15) is 0 Å². The molecule has 0 unspecified atom stereocenters. The Hall–Kier alpha value is -5.41. The number of aromatic nitrogens is 3. The van der Waals surface area contributed by atoms with Crippen LogP contribution in [0.1, 0.15) is 0 Å². The van der Waals surface area contributed by atoms with Crippen molar-refractivity contribution in [1.82, 2.24) is 15.0 Å². The van der Waals surface area contributed by atoms with Crippen LogP contribution in [0.15, 0.2) is 152 Å². The van der Waals surface area contributed by atoms with Gasteiger partial charge in [-0.3, -0.25) is 0 Å². The van der Waals surface area contributed by atoms with Crippen molar-refractivity contribution >= 4 is 55.3 Å². The van der Waals surface area contributed by atoms with E-state index < -0.39 is 0 Å². The Morgan fingerprint density at radius 3 is 1.71 bits per heavy atom. The summed E-state index contributed by atoms with van der Waals surface area (Å²) in [7, 11) is 0. The number of hydrogen-bond donors (Lipinski definition) is 0. The minimum absolute atomic E-state index is 0.162. The van der Waals surface area contributed by atoms with Crippen molar-refractivity contribution < 1.29 is 0 Å². The van der Waals surface area contributed by atoms with Crippen LogP contribution in [-0.4, -0.2) is 29.5 Å². The van der Waals surface area contributed by atoms with Crippen LogP contribution in [0.2, 0.25) is 0 Å². The zero-order valence-corrected chi connectivity index (χ0v) is 25.9. The van der Waals surface area contributed by atoms with E-state index in [9.17, 15) is 0 Å². The number of rotatable bonds is 4. The molecule has 0 aliphatic rings. The first-order valence-electron chi connectivity index (χ1n) is 15.0. The molecule has 2 heterocycles. The number of fused-ring (bicyclic) bond motifs is 7. The predicted octanol–water partition coefficient (Wildman–Crippen LogP) is 10.2. The summed E-state index contributed by atoms with van der Waals surface area (Å²) in [6.07, 6.45) is 0. The van der Waals surface area contributed by atoms with Gasteiger partial charge in [-0.1, -0.05) is 18.2 Å². The zero-order chi connectivity index (χ0) is 29.7. The molecule has 0 saturated carbocycles. The average Bonchev–Trinajstić information content (AvgIpc) is 3.51. The van der Waals surface area contributed by atoms with Crippen molar-refractivity contribution in [2.24, 2.45) is 0 Å². The predicted molar refractivity (Wildman–Crippen MR) is 189 cm³/mol. The SMILES string of the molecule is c1ccc(-c2ccc(-c3nc(-c4ccccc4)nc(-c4cccc5[se]c6c(ccc7ccc8ccccc8c76)c45)n3)cc2)cc1. The van der Waals surface area contributed by atoms with E-state index in [-0.39, 0.29) is 14.5 Å². The fraction of sp³-hybridized carbons (Fsp3) is 0. The van der Waals surface area contributed by atoms with Crippen molar-refractivity contribution in [3.05, 3.63) is 152 Å². The van der Waals surface area contributed by atoms with Crippen molar-refractivity contribution in [2.45, 2.75) is 0 Å². The van der Waals surface area contributed by atoms with Gasteiger partial charge in [-0.25, -0.2) is 0 Å². The number of hydrogen-bond acceptors (Lipinski definition) is 3. The maximum atomic E-state index is 5.15. The summed E-state index contributed by atoms with van der Waals surface area (Å²) in [5, 5.41) is 7.79. The van der Waals surface area contributed by atoms with Gasteiger partial charge in [0, 0.05) is 0 Å². The summed E-state index contributed by atoms with van der Waals surface area (Å²) >= 11 is 0.162. The molecule has 0 amide bonds. The Morgan fingerprint density at radius 2 is 0.933 bits per heavy atom. The zero-order valence-electron chi connectivity index (χ0n) is 24.2. The molecule has 0 bridgehead atoms. The third-order valence-electron chi connectivity index (χ3n) is 8.53. The first kappa shape index (κ1) is 26.0. The molecule has 4 heteroatoms. The topological polar surface area (TPSA) is 38.7 Å². The van der Waals surface area contributed by atoms with E-state index in [0.717, 1.165) is 22.3 Å². The van der Waals surface area contributed by atoms with Gasteiger partial charge >= 0.3 is 249 Å². The second-order valence-electron chi connectivity index (χ2n) is 11.2. The first-order chi connectivity index (χ1) is 22.3. The second-order valence-corrected chi connectivity index (χ2v) is 13.4. The van der Waals surface area contributed by atoms with Crippen LogP contribution in [0.3, 0.4) is 0 Å². The molecule has 0 spiro atoms. The summed E-state index contributed by atoms with van der Waals surface area (Å²) in [4.78, 5) is 15.3. The molecule has 3 nitrogen and oxygen atoms in total. The van der Waals surface area contributed by atoms with Crippen molar-refractivity contribution in [3.8, 4) is 45.3 Å². The average molecular weight is 639 g/mol. The molecule has 2 aromatic heterocycles. The number of nitrogens with zero attached hydrogens (tertiary/aromatic N) is 3. The molecule has 9 aromatic rings. The molecule has 7 aromatic carbocycles. The van der Waals surface area contributed by atoms with Gasteiger partial charge in [0.25, 0.3) is 0 Å². The molecular formula is C41H25N3Se. The van der Waals surface area contributed by atoms with Crippen LogP contribution in [0, 0.1) is 0 Å². The summed E-state index contributed by atoms with van der Waals surface area (Å²) in [5.74, 6) is 2.04. The summed E-state index contributed by atoms with van der Waals surface area (Å²) in [5.41, 5.74) is 5.33. The molecule has 0 radical (unpaired) electrons. The molecule has 210 valence electrons. The van der Waals surface area contributed by atoms with E-state index in [1.54, 1.807) is 0 Å². The van der Waals surface area contributed by atoms with Crippen molar-refractivity contribution in [3.63, 3.8) is 0 Å². The van der Waals surface area contributed by atoms with Crippen molar-refractivity contribution in [2.75, 3.05) is 0 Å². The van der Waals surface area contributed by atoms with Gasteiger partial charge in [0.05, 0.1) is 0 Å². The second kappa shape index (κ2) is 10.6. The van der Waals surface area contributed by atoms with Crippen LogP contribution >= 0.6 is 0 Å². The summed E-state index contributed by atoms with van der Waals surface area (Å²) < 4.78 is 2.80. The fourth-order valence-electron chi connectivity index (χ4n) is 6.34.